The van der Waals surface area contributed by atoms with Gasteiger partial charge in [0.05, 0.1) is 0 Å². The number of phosphoric ester groups is 1. The average molecular weight is 338 g/mol. The first kappa shape index (κ1) is 15.0. The summed E-state index contributed by atoms with van der Waals surface area (Å²) in [6, 6.07) is 20.4. The Morgan fingerprint density at radius 1 is 0.792 bits per heavy atom. The van der Waals surface area contributed by atoms with Gasteiger partial charge in [-0.1, -0.05) is 48.5 Å². The van der Waals surface area contributed by atoms with Gasteiger partial charge < -0.3 is 9.05 Å². The van der Waals surface area contributed by atoms with Gasteiger partial charge in [0.1, 0.15) is 11.5 Å². The van der Waals surface area contributed by atoms with Gasteiger partial charge >= 0.3 is 7.82 Å². The van der Waals surface area contributed by atoms with Crippen LogP contribution < -0.4 is 9.05 Å². The third-order valence-corrected chi connectivity index (χ3v) is 4.90. The fraction of sp³-hybridized carbons (Fsp3) is 0.0526. The van der Waals surface area contributed by atoms with Gasteiger partial charge in [0.25, 0.3) is 0 Å². The molecule has 2 bridgehead atoms. The smallest absolute Gasteiger partial charge is 0.395 e. The molecule has 5 heteroatoms. The first-order valence-corrected chi connectivity index (χ1v) is 9.04. The Labute approximate surface area is 139 Å². The molecule has 0 spiro atoms. The van der Waals surface area contributed by atoms with Gasteiger partial charge in [-0.25, -0.2) is 4.57 Å². The molecule has 0 aliphatic carbocycles. The van der Waals surface area contributed by atoms with Crippen LogP contribution in [0.3, 0.4) is 0 Å². The van der Waals surface area contributed by atoms with Gasteiger partial charge in [0, 0.05) is 11.1 Å². The molecule has 1 aliphatic heterocycles. The first-order chi connectivity index (χ1) is 11.5. The molecule has 0 fully saturated rings. The number of hydrogen-bond donors (Lipinski definition) is 1. The lowest BCUT2D eigenvalue weighted by molar-refractivity contribution is 0.291. The maximum absolute atomic E-state index is 12.5. The molecule has 0 radical (unpaired) electrons. The number of hydrogen-bond acceptors (Lipinski definition) is 3. The minimum atomic E-state index is -4.30. The topological polar surface area (TPSA) is 55.8 Å². The lowest BCUT2D eigenvalue weighted by Crippen LogP contribution is -2.03. The fourth-order valence-corrected chi connectivity index (χ4v) is 3.75. The van der Waals surface area contributed by atoms with Crippen molar-refractivity contribution in [3.05, 3.63) is 72.3 Å². The van der Waals surface area contributed by atoms with E-state index in [9.17, 15) is 9.46 Å². The van der Waals surface area contributed by atoms with Gasteiger partial charge in [-0.05, 0) is 41.8 Å². The molecular formula is C19H15O4P. The van der Waals surface area contributed by atoms with Crippen molar-refractivity contribution >= 4 is 7.82 Å². The van der Waals surface area contributed by atoms with Gasteiger partial charge in [0.15, 0.2) is 0 Å². The van der Waals surface area contributed by atoms with Crippen molar-refractivity contribution in [3.63, 3.8) is 0 Å². The number of phosphoric acid groups is 1. The molecular weight excluding hydrogens is 323 g/mol. The Kier molecular flexibility index (Phi) is 3.45. The zero-order chi connectivity index (χ0) is 16.7. The van der Waals surface area contributed by atoms with Gasteiger partial charge in [-0.15, -0.1) is 0 Å². The maximum atomic E-state index is 12.5. The molecule has 24 heavy (non-hydrogen) atoms. The first-order valence-electron chi connectivity index (χ1n) is 7.55. The zero-order valence-corrected chi connectivity index (χ0v) is 13.9. The normalized spacial score (nSPS) is 18.6. The molecule has 3 aromatic carbocycles. The van der Waals surface area contributed by atoms with Crippen molar-refractivity contribution in [2.45, 2.75) is 6.92 Å². The number of fused-ring (bicyclic) bond motifs is 6. The van der Waals surface area contributed by atoms with Crippen LogP contribution >= 0.6 is 7.82 Å². The van der Waals surface area contributed by atoms with Crippen LogP contribution in [0.4, 0.5) is 0 Å². The Bertz CT molecular complexity index is 981. The highest BCUT2D eigenvalue weighted by Crippen LogP contribution is 2.50. The summed E-state index contributed by atoms with van der Waals surface area (Å²) in [4.78, 5) is 10.2. The molecule has 4 nitrogen and oxygen atoms in total. The number of para-hydroxylation sites is 2. The van der Waals surface area contributed by atoms with Crippen LogP contribution in [0, 0.1) is 6.92 Å². The van der Waals surface area contributed by atoms with E-state index in [1.807, 2.05) is 49.4 Å². The molecule has 0 amide bonds. The highest BCUT2D eigenvalue weighted by Gasteiger charge is 2.29. The predicted molar refractivity (Wildman–Crippen MR) is 93.1 cm³/mol. The third-order valence-electron chi connectivity index (χ3n) is 4.04. The molecule has 1 N–H and O–H groups in total. The lowest BCUT2D eigenvalue weighted by Gasteiger charge is -2.21. The standard InChI is InChI=1S/C19H15O4P/c1-13-10-11-14-12-17(13)16-7-3-5-9-19(16)23-24(20,21)22-18-8-4-2-6-15(14)18/h2-12H,1H3,(H,20,21). The van der Waals surface area contributed by atoms with E-state index < -0.39 is 7.82 Å². The van der Waals surface area contributed by atoms with Crippen molar-refractivity contribution in [3.8, 4) is 33.8 Å². The molecule has 0 aromatic heterocycles. The Hall–Kier alpha value is -2.55. The van der Waals surface area contributed by atoms with Crippen LogP contribution in [-0.4, -0.2) is 4.89 Å². The summed E-state index contributed by atoms with van der Waals surface area (Å²) in [5, 5.41) is 0. The summed E-state index contributed by atoms with van der Waals surface area (Å²) in [5.74, 6) is 0.639. The SMILES string of the molecule is Cc1ccc2cc1-c1ccccc1OP(=O)(O)Oc1ccccc1-2. The molecule has 1 atom stereocenters. The van der Waals surface area contributed by atoms with E-state index >= 15 is 0 Å². The number of benzene rings is 3. The minimum Gasteiger partial charge on any atom is -0.395 e. The van der Waals surface area contributed by atoms with Crippen molar-refractivity contribution in [1.82, 2.24) is 0 Å². The minimum absolute atomic E-state index is 0.317. The molecule has 0 saturated carbocycles. The van der Waals surface area contributed by atoms with Crippen molar-refractivity contribution in [2.75, 3.05) is 0 Å². The van der Waals surface area contributed by atoms with E-state index in [1.54, 1.807) is 24.3 Å². The lowest BCUT2D eigenvalue weighted by atomic mass is 9.94. The van der Waals surface area contributed by atoms with E-state index in [-0.39, 0.29) is 0 Å². The highest BCUT2D eigenvalue weighted by molar-refractivity contribution is 7.48. The summed E-state index contributed by atoms with van der Waals surface area (Å²) >= 11 is 0. The maximum Gasteiger partial charge on any atom is 0.584 e. The second kappa shape index (κ2) is 5.52. The quantitative estimate of drug-likeness (QED) is 0.572. The summed E-state index contributed by atoms with van der Waals surface area (Å²) in [7, 11) is -4.30. The third kappa shape index (κ3) is 2.60. The van der Waals surface area contributed by atoms with Crippen molar-refractivity contribution < 1.29 is 18.5 Å². The van der Waals surface area contributed by atoms with Crippen LogP contribution in [0.25, 0.3) is 22.3 Å². The predicted octanol–water partition coefficient (Wildman–Crippen LogP) is 5.20. The fourth-order valence-electron chi connectivity index (χ4n) is 2.90. The summed E-state index contributed by atoms with van der Waals surface area (Å²) in [5.41, 5.74) is 4.44. The van der Waals surface area contributed by atoms with Crippen LogP contribution in [0.5, 0.6) is 11.5 Å². The van der Waals surface area contributed by atoms with E-state index in [0.717, 1.165) is 27.8 Å². The molecule has 1 aliphatic rings. The molecule has 4 rings (SSSR count). The molecule has 1 unspecified atom stereocenters. The molecule has 3 aromatic rings. The summed E-state index contributed by atoms with van der Waals surface area (Å²) in [6.45, 7) is 2.00. The largest absolute Gasteiger partial charge is 0.584 e. The van der Waals surface area contributed by atoms with Crippen molar-refractivity contribution in [2.24, 2.45) is 0 Å². The monoisotopic (exact) mass is 338 g/mol. The summed E-state index contributed by atoms with van der Waals surface area (Å²) < 4.78 is 23.1. The van der Waals surface area contributed by atoms with Crippen LogP contribution in [0.1, 0.15) is 5.56 Å². The van der Waals surface area contributed by atoms with Gasteiger partial charge in [-0.3, -0.25) is 4.89 Å². The van der Waals surface area contributed by atoms with E-state index in [1.165, 1.54) is 0 Å². The molecule has 1 heterocycles. The molecule has 0 saturated heterocycles. The number of aryl methyl sites for hydroxylation is 1. The van der Waals surface area contributed by atoms with Gasteiger partial charge in [-0.2, -0.15) is 0 Å². The average Bonchev–Trinajstić information content (AvgIpc) is 2.55. The number of rotatable bonds is 0. The zero-order valence-electron chi connectivity index (χ0n) is 13.0. The Balaban J connectivity index is 2.06. The van der Waals surface area contributed by atoms with E-state index in [4.69, 9.17) is 9.05 Å². The second-order valence-corrected chi connectivity index (χ2v) is 6.98. The van der Waals surface area contributed by atoms with E-state index in [0.29, 0.717) is 11.5 Å². The highest BCUT2D eigenvalue weighted by atomic mass is 31.2. The van der Waals surface area contributed by atoms with Crippen LogP contribution in [-0.2, 0) is 4.57 Å². The van der Waals surface area contributed by atoms with Gasteiger partial charge in [0.2, 0.25) is 0 Å². The van der Waals surface area contributed by atoms with Crippen molar-refractivity contribution in [1.29, 1.82) is 0 Å². The second-order valence-electron chi connectivity index (χ2n) is 5.67. The summed E-state index contributed by atoms with van der Waals surface area (Å²) in [6.07, 6.45) is 0. The van der Waals surface area contributed by atoms with Crippen LogP contribution in [0.15, 0.2) is 66.7 Å². The Morgan fingerprint density at radius 3 is 2.08 bits per heavy atom. The Morgan fingerprint density at radius 2 is 1.38 bits per heavy atom. The molecule has 120 valence electrons. The van der Waals surface area contributed by atoms with Crippen LogP contribution in [0.2, 0.25) is 0 Å². The van der Waals surface area contributed by atoms with E-state index in [2.05, 4.69) is 0 Å².